The van der Waals surface area contributed by atoms with Crippen LogP contribution in [0.2, 0.25) is 0 Å². The predicted octanol–water partition coefficient (Wildman–Crippen LogP) is 2.74. The zero-order valence-corrected chi connectivity index (χ0v) is 13.1. The summed E-state index contributed by atoms with van der Waals surface area (Å²) in [5.41, 5.74) is 0.665. The number of methoxy groups -OCH3 is 1. The minimum atomic E-state index is -0.447. The van der Waals surface area contributed by atoms with Gasteiger partial charge in [0.1, 0.15) is 17.4 Å². The lowest BCUT2D eigenvalue weighted by atomic mass is 10.2. The SMILES string of the molecule is COc1cccc(C2N[C@H](C(=O)OC(C)(C)C)CS2)c1. The molecule has 0 spiro atoms. The Morgan fingerprint density at radius 2 is 2.15 bits per heavy atom. The third-order valence-electron chi connectivity index (χ3n) is 2.87. The van der Waals surface area contributed by atoms with Crippen LogP contribution in [-0.4, -0.2) is 30.5 Å². The number of hydrogen-bond acceptors (Lipinski definition) is 5. The van der Waals surface area contributed by atoms with Crippen molar-refractivity contribution < 1.29 is 14.3 Å². The van der Waals surface area contributed by atoms with Crippen LogP contribution in [0.5, 0.6) is 5.75 Å². The molecule has 1 aliphatic heterocycles. The third-order valence-corrected chi connectivity index (χ3v) is 4.14. The maximum Gasteiger partial charge on any atom is 0.324 e. The first kappa shape index (κ1) is 15.2. The van der Waals surface area contributed by atoms with Crippen LogP contribution in [0, 0.1) is 0 Å². The van der Waals surface area contributed by atoms with Gasteiger partial charge < -0.3 is 9.47 Å². The molecule has 2 atom stereocenters. The van der Waals surface area contributed by atoms with E-state index in [0.717, 1.165) is 17.1 Å². The number of thioether (sulfide) groups is 1. The number of esters is 1. The molecule has 0 radical (unpaired) electrons. The molecule has 0 saturated carbocycles. The van der Waals surface area contributed by atoms with E-state index >= 15 is 0 Å². The van der Waals surface area contributed by atoms with E-state index in [1.807, 2.05) is 45.0 Å². The summed E-state index contributed by atoms with van der Waals surface area (Å²) in [4.78, 5) is 12.0. The average molecular weight is 295 g/mol. The second-order valence-electron chi connectivity index (χ2n) is 5.74. The molecule has 0 aromatic heterocycles. The van der Waals surface area contributed by atoms with Crippen molar-refractivity contribution in [2.24, 2.45) is 0 Å². The van der Waals surface area contributed by atoms with Crippen molar-refractivity contribution in [2.75, 3.05) is 12.9 Å². The highest BCUT2D eigenvalue weighted by Gasteiger charge is 2.33. The molecule has 1 aliphatic rings. The third kappa shape index (κ3) is 3.90. The predicted molar refractivity (Wildman–Crippen MR) is 81.0 cm³/mol. The maximum atomic E-state index is 12.0. The zero-order chi connectivity index (χ0) is 14.8. The van der Waals surface area contributed by atoms with Gasteiger partial charge in [0.15, 0.2) is 0 Å². The standard InChI is InChI=1S/C15H21NO3S/c1-15(2,3)19-14(17)12-9-20-13(16-12)10-6-5-7-11(8-10)18-4/h5-8,12-13,16H,9H2,1-4H3/t12-,13?/m0/s1. The molecule has 1 saturated heterocycles. The molecule has 1 fully saturated rings. The molecule has 2 rings (SSSR count). The van der Waals surface area contributed by atoms with Crippen LogP contribution >= 0.6 is 11.8 Å². The van der Waals surface area contributed by atoms with Gasteiger partial charge in [0.05, 0.1) is 12.5 Å². The van der Waals surface area contributed by atoms with E-state index in [0.29, 0.717) is 0 Å². The summed E-state index contributed by atoms with van der Waals surface area (Å²) >= 11 is 1.71. The highest BCUT2D eigenvalue weighted by Crippen LogP contribution is 2.34. The van der Waals surface area contributed by atoms with Crippen LogP contribution < -0.4 is 10.1 Å². The molecule has 1 heterocycles. The van der Waals surface area contributed by atoms with Crippen LogP contribution in [0.15, 0.2) is 24.3 Å². The molecule has 0 aliphatic carbocycles. The summed E-state index contributed by atoms with van der Waals surface area (Å²) < 4.78 is 10.6. The Labute approximate surface area is 124 Å². The second kappa shape index (κ2) is 6.06. The summed E-state index contributed by atoms with van der Waals surface area (Å²) in [5, 5.41) is 3.41. The minimum absolute atomic E-state index is 0.0996. The van der Waals surface area contributed by atoms with Gasteiger partial charge in [0, 0.05) is 5.75 Å². The van der Waals surface area contributed by atoms with Gasteiger partial charge in [0.2, 0.25) is 0 Å². The first-order chi connectivity index (χ1) is 9.39. The number of nitrogens with one attached hydrogen (secondary N) is 1. The Bertz CT molecular complexity index is 484. The molecule has 0 bridgehead atoms. The number of benzene rings is 1. The average Bonchev–Trinajstić information content (AvgIpc) is 2.86. The van der Waals surface area contributed by atoms with E-state index in [-0.39, 0.29) is 17.4 Å². The molecule has 110 valence electrons. The highest BCUT2D eigenvalue weighted by molar-refractivity contribution is 7.99. The molecular formula is C15H21NO3S. The number of carbonyl (C=O) groups excluding carboxylic acids is 1. The summed E-state index contributed by atoms with van der Waals surface area (Å²) in [6.07, 6.45) is 0. The van der Waals surface area contributed by atoms with Gasteiger partial charge >= 0.3 is 5.97 Å². The first-order valence-electron chi connectivity index (χ1n) is 6.63. The van der Waals surface area contributed by atoms with Gasteiger partial charge in [-0.1, -0.05) is 12.1 Å². The molecule has 5 heteroatoms. The Kier molecular flexibility index (Phi) is 4.60. The Balaban J connectivity index is 1.99. The van der Waals surface area contributed by atoms with Gasteiger partial charge in [-0.05, 0) is 38.5 Å². The Hall–Kier alpha value is -1.20. The van der Waals surface area contributed by atoms with Gasteiger partial charge in [0.25, 0.3) is 0 Å². The Morgan fingerprint density at radius 1 is 1.40 bits per heavy atom. The topological polar surface area (TPSA) is 47.6 Å². The van der Waals surface area contributed by atoms with Gasteiger partial charge in [-0.2, -0.15) is 0 Å². The van der Waals surface area contributed by atoms with Crippen molar-refractivity contribution in [1.29, 1.82) is 0 Å². The summed E-state index contributed by atoms with van der Waals surface area (Å²) in [7, 11) is 1.65. The van der Waals surface area contributed by atoms with Crippen molar-refractivity contribution in [3.05, 3.63) is 29.8 Å². The zero-order valence-electron chi connectivity index (χ0n) is 12.3. The largest absolute Gasteiger partial charge is 0.497 e. The highest BCUT2D eigenvalue weighted by atomic mass is 32.2. The van der Waals surface area contributed by atoms with E-state index < -0.39 is 5.60 Å². The van der Waals surface area contributed by atoms with Crippen LogP contribution in [0.3, 0.4) is 0 Å². The van der Waals surface area contributed by atoms with Crippen molar-refractivity contribution in [2.45, 2.75) is 37.8 Å². The quantitative estimate of drug-likeness (QED) is 0.869. The molecule has 20 heavy (non-hydrogen) atoms. The smallest absolute Gasteiger partial charge is 0.324 e. The van der Waals surface area contributed by atoms with Crippen molar-refractivity contribution >= 4 is 17.7 Å². The van der Waals surface area contributed by atoms with Gasteiger partial charge in [-0.25, -0.2) is 0 Å². The maximum absolute atomic E-state index is 12.0. The summed E-state index contributed by atoms with van der Waals surface area (Å²) in [6.45, 7) is 5.64. The summed E-state index contributed by atoms with van der Waals surface area (Å²) in [6, 6.07) is 7.63. The molecule has 1 aromatic rings. The molecule has 0 amide bonds. The van der Waals surface area contributed by atoms with Crippen LogP contribution in [0.25, 0.3) is 0 Å². The number of rotatable bonds is 3. The lowest BCUT2D eigenvalue weighted by Gasteiger charge is -2.22. The van der Waals surface area contributed by atoms with E-state index in [9.17, 15) is 4.79 Å². The normalized spacial score (nSPS) is 22.6. The Morgan fingerprint density at radius 3 is 2.80 bits per heavy atom. The summed E-state index contributed by atoms with van der Waals surface area (Å²) in [5.74, 6) is 1.36. The molecule has 4 nitrogen and oxygen atoms in total. The lowest BCUT2D eigenvalue weighted by molar-refractivity contribution is -0.156. The van der Waals surface area contributed by atoms with Gasteiger partial charge in [-0.3, -0.25) is 10.1 Å². The number of ether oxygens (including phenoxy) is 2. The molecular weight excluding hydrogens is 274 g/mol. The van der Waals surface area contributed by atoms with E-state index in [1.54, 1.807) is 18.9 Å². The molecule has 1 unspecified atom stereocenters. The van der Waals surface area contributed by atoms with E-state index in [2.05, 4.69) is 5.32 Å². The molecule has 1 N–H and O–H groups in total. The van der Waals surface area contributed by atoms with Crippen molar-refractivity contribution in [3.63, 3.8) is 0 Å². The van der Waals surface area contributed by atoms with E-state index in [1.165, 1.54) is 0 Å². The minimum Gasteiger partial charge on any atom is -0.497 e. The van der Waals surface area contributed by atoms with Crippen molar-refractivity contribution in [3.8, 4) is 5.75 Å². The van der Waals surface area contributed by atoms with Crippen LogP contribution in [0.4, 0.5) is 0 Å². The number of hydrogen-bond donors (Lipinski definition) is 1. The second-order valence-corrected chi connectivity index (χ2v) is 6.88. The fourth-order valence-corrected chi connectivity index (χ4v) is 3.19. The van der Waals surface area contributed by atoms with Crippen molar-refractivity contribution in [1.82, 2.24) is 5.32 Å². The van der Waals surface area contributed by atoms with Crippen LogP contribution in [-0.2, 0) is 9.53 Å². The van der Waals surface area contributed by atoms with Gasteiger partial charge in [-0.15, -0.1) is 11.8 Å². The van der Waals surface area contributed by atoms with Crippen LogP contribution in [0.1, 0.15) is 31.7 Å². The lowest BCUT2D eigenvalue weighted by Crippen LogP contribution is -2.39. The fraction of sp³-hybridized carbons (Fsp3) is 0.533. The fourth-order valence-electron chi connectivity index (χ4n) is 1.98. The van der Waals surface area contributed by atoms with E-state index in [4.69, 9.17) is 9.47 Å². The monoisotopic (exact) mass is 295 g/mol. The number of carbonyl (C=O) groups is 1. The first-order valence-corrected chi connectivity index (χ1v) is 7.68. The molecule has 1 aromatic carbocycles.